The number of sulfonamides is 1. The summed E-state index contributed by atoms with van der Waals surface area (Å²) in [7, 11) is -4.05. The standard InChI is InChI=1S/C21H21F2N3O3S/c1-14-5-2-3-7-17(14)21-24-20(29-25-21)11-15-6-4-10-26(13-15)30(27,28)19-9-8-16(22)12-18(19)23/h2-3,5,7-9,12,15H,4,6,10-11,13H2,1H3. The monoisotopic (exact) mass is 433 g/mol. The molecule has 30 heavy (non-hydrogen) atoms. The number of hydrogen-bond acceptors (Lipinski definition) is 5. The zero-order valence-electron chi connectivity index (χ0n) is 16.4. The summed E-state index contributed by atoms with van der Waals surface area (Å²) < 4.78 is 59.6. The van der Waals surface area contributed by atoms with E-state index < -0.39 is 26.6 Å². The third-order valence-corrected chi connectivity index (χ3v) is 7.21. The number of aryl methyl sites for hydroxylation is 1. The Morgan fingerprint density at radius 1 is 1.20 bits per heavy atom. The molecule has 0 bridgehead atoms. The fourth-order valence-electron chi connectivity index (χ4n) is 3.75. The number of halogens is 2. The molecular formula is C21H21F2N3O3S. The van der Waals surface area contributed by atoms with E-state index in [-0.39, 0.29) is 19.0 Å². The lowest BCUT2D eigenvalue weighted by Gasteiger charge is -2.31. The quantitative estimate of drug-likeness (QED) is 0.609. The minimum atomic E-state index is -4.05. The maximum absolute atomic E-state index is 14.1. The Hall–Kier alpha value is -2.65. The number of rotatable bonds is 5. The zero-order valence-corrected chi connectivity index (χ0v) is 17.2. The average molecular weight is 433 g/mol. The van der Waals surface area contributed by atoms with Crippen molar-refractivity contribution in [3.05, 3.63) is 65.6 Å². The van der Waals surface area contributed by atoms with Crippen molar-refractivity contribution < 1.29 is 21.7 Å². The summed E-state index contributed by atoms with van der Waals surface area (Å²) in [5.74, 6) is -1.01. The van der Waals surface area contributed by atoms with Crippen LogP contribution >= 0.6 is 0 Å². The molecule has 1 fully saturated rings. The molecular weight excluding hydrogens is 412 g/mol. The Balaban J connectivity index is 1.49. The summed E-state index contributed by atoms with van der Waals surface area (Å²) in [5, 5.41) is 4.04. The van der Waals surface area contributed by atoms with Crippen LogP contribution in [0.3, 0.4) is 0 Å². The Labute approximate surface area is 173 Å². The highest BCUT2D eigenvalue weighted by Crippen LogP contribution is 2.28. The molecule has 3 aromatic rings. The average Bonchev–Trinajstić information content (AvgIpc) is 3.16. The van der Waals surface area contributed by atoms with Gasteiger partial charge in [0.2, 0.25) is 21.7 Å². The van der Waals surface area contributed by atoms with E-state index in [9.17, 15) is 17.2 Å². The van der Waals surface area contributed by atoms with Gasteiger partial charge in [-0.25, -0.2) is 17.2 Å². The second kappa shape index (κ2) is 8.23. The highest BCUT2D eigenvalue weighted by atomic mass is 32.2. The first-order chi connectivity index (χ1) is 14.3. The van der Waals surface area contributed by atoms with Crippen molar-refractivity contribution in [1.29, 1.82) is 0 Å². The van der Waals surface area contributed by atoms with E-state index in [0.717, 1.165) is 29.7 Å². The van der Waals surface area contributed by atoms with E-state index >= 15 is 0 Å². The number of benzene rings is 2. The molecule has 0 spiro atoms. The Bertz CT molecular complexity index is 1160. The maximum atomic E-state index is 14.1. The number of hydrogen-bond donors (Lipinski definition) is 0. The SMILES string of the molecule is Cc1ccccc1-c1noc(CC2CCCN(S(=O)(=O)c3ccc(F)cc3F)C2)n1. The van der Waals surface area contributed by atoms with Crippen LogP contribution in [0, 0.1) is 24.5 Å². The van der Waals surface area contributed by atoms with Gasteiger partial charge in [-0.05, 0) is 43.4 Å². The fourth-order valence-corrected chi connectivity index (χ4v) is 5.35. The summed E-state index contributed by atoms with van der Waals surface area (Å²) in [4.78, 5) is 3.95. The van der Waals surface area contributed by atoms with Crippen molar-refractivity contribution in [2.75, 3.05) is 13.1 Å². The molecule has 0 amide bonds. The van der Waals surface area contributed by atoms with Gasteiger partial charge in [-0.3, -0.25) is 0 Å². The lowest BCUT2D eigenvalue weighted by Crippen LogP contribution is -2.40. The van der Waals surface area contributed by atoms with Crippen LogP contribution in [0.2, 0.25) is 0 Å². The number of aromatic nitrogens is 2. The number of piperidine rings is 1. The second-order valence-electron chi connectivity index (χ2n) is 7.48. The first kappa shape index (κ1) is 20.6. The summed E-state index contributed by atoms with van der Waals surface area (Å²) >= 11 is 0. The van der Waals surface area contributed by atoms with Gasteiger partial charge >= 0.3 is 0 Å². The van der Waals surface area contributed by atoms with E-state index in [1.807, 2.05) is 31.2 Å². The molecule has 0 aliphatic carbocycles. The van der Waals surface area contributed by atoms with Crippen molar-refractivity contribution >= 4 is 10.0 Å². The van der Waals surface area contributed by atoms with Crippen LogP contribution < -0.4 is 0 Å². The lowest BCUT2D eigenvalue weighted by atomic mass is 9.96. The summed E-state index contributed by atoms with van der Waals surface area (Å²) in [6, 6.07) is 10.2. The van der Waals surface area contributed by atoms with Crippen molar-refractivity contribution in [3.8, 4) is 11.4 Å². The smallest absolute Gasteiger partial charge is 0.245 e. The first-order valence-corrected chi connectivity index (χ1v) is 11.1. The molecule has 1 saturated heterocycles. The highest BCUT2D eigenvalue weighted by molar-refractivity contribution is 7.89. The second-order valence-corrected chi connectivity index (χ2v) is 9.38. The molecule has 1 aromatic heterocycles. The Kier molecular flexibility index (Phi) is 5.66. The van der Waals surface area contributed by atoms with E-state index in [1.165, 1.54) is 4.31 Å². The minimum absolute atomic E-state index is 0.0396. The van der Waals surface area contributed by atoms with Crippen LogP contribution in [0.25, 0.3) is 11.4 Å². The summed E-state index contributed by atoms with van der Waals surface area (Å²) in [6.07, 6.45) is 1.85. The van der Waals surface area contributed by atoms with Crippen LogP contribution in [0.4, 0.5) is 8.78 Å². The molecule has 9 heteroatoms. The molecule has 0 N–H and O–H groups in total. The van der Waals surface area contributed by atoms with Crippen LogP contribution in [-0.2, 0) is 16.4 Å². The Morgan fingerprint density at radius 2 is 2.00 bits per heavy atom. The molecule has 0 saturated carbocycles. The van der Waals surface area contributed by atoms with Crippen molar-refractivity contribution in [2.45, 2.75) is 31.1 Å². The van der Waals surface area contributed by atoms with Gasteiger partial charge in [0.05, 0.1) is 0 Å². The molecule has 1 aliphatic heterocycles. The van der Waals surface area contributed by atoms with Crippen molar-refractivity contribution in [2.24, 2.45) is 5.92 Å². The normalized spacial score (nSPS) is 17.9. The molecule has 0 radical (unpaired) electrons. The van der Waals surface area contributed by atoms with Crippen molar-refractivity contribution in [3.63, 3.8) is 0 Å². The van der Waals surface area contributed by atoms with Gasteiger partial charge in [0, 0.05) is 31.1 Å². The minimum Gasteiger partial charge on any atom is -0.339 e. The van der Waals surface area contributed by atoms with E-state index in [0.29, 0.717) is 30.6 Å². The third-order valence-electron chi connectivity index (χ3n) is 5.31. The van der Waals surface area contributed by atoms with Gasteiger partial charge in [-0.1, -0.05) is 29.4 Å². The van der Waals surface area contributed by atoms with Crippen LogP contribution in [0.1, 0.15) is 24.3 Å². The van der Waals surface area contributed by atoms with E-state index in [4.69, 9.17) is 4.52 Å². The van der Waals surface area contributed by atoms with Gasteiger partial charge in [-0.15, -0.1) is 0 Å². The molecule has 6 nitrogen and oxygen atoms in total. The van der Waals surface area contributed by atoms with Gasteiger partial charge in [0.15, 0.2) is 0 Å². The van der Waals surface area contributed by atoms with Crippen molar-refractivity contribution in [1.82, 2.24) is 14.4 Å². The lowest BCUT2D eigenvalue weighted by molar-refractivity contribution is 0.246. The maximum Gasteiger partial charge on any atom is 0.245 e. The molecule has 158 valence electrons. The van der Waals surface area contributed by atoms with Gasteiger partial charge < -0.3 is 4.52 Å². The molecule has 1 atom stereocenters. The third kappa shape index (κ3) is 4.13. The van der Waals surface area contributed by atoms with Gasteiger partial charge in [0.1, 0.15) is 16.5 Å². The van der Waals surface area contributed by atoms with Crippen LogP contribution in [-0.4, -0.2) is 36.0 Å². The Morgan fingerprint density at radius 3 is 2.77 bits per heavy atom. The summed E-state index contributed by atoms with van der Waals surface area (Å²) in [5.41, 5.74) is 1.91. The highest BCUT2D eigenvalue weighted by Gasteiger charge is 2.33. The van der Waals surface area contributed by atoms with Crippen LogP contribution in [0.5, 0.6) is 0 Å². The van der Waals surface area contributed by atoms with E-state index in [1.54, 1.807) is 0 Å². The summed E-state index contributed by atoms with van der Waals surface area (Å²) in [6.45, 7) is 2.46. The predicted molar refractivity (Wildman–Crippen MR) is 106 cm³/mol. The largest absolute Gasteiger partial charge is 0.339 e. The van der Waals surface area contributed by atoms with Gasteiger partial charge in [0.25, 0.3) is 0 Å². The number of nitrogens with zero attached hydrogens (tertiary/aromatic N) is 3. The molecule has 2 heterocycles. The first-order valence-electron chi connectivity index (χ1n) is 9.68. The van der Waals surface area contributed by atoms with Gasteiger partial charge in [-0.2, -0.15) is 9.29 Å². The zero-order chi connectivity index (χ0) is 21.3. The van der Waals surface area contributed by atoms with Crippen LogP contribution in [0.15, 0.2) is 51.9 Å². The molecule has 1 aliphatic rings. The molecule has 2 aromatic carbocycles. The predicted octanol–water partition coefficient (Wildman–Crippen LogP) is 3.97. The topological polar surface area (TPSA) is 76.3 Å². The molecule has 4 rings (SSSR count). The fraction of sp³-hybridized carbons (Fsp3) is 0.333. The molecule has 1 unspecified atom stereocenters. The van der Waals surface area contributed by atoms with E-state index in [2.05, 4.69) is 10.1 Å².